The van der Waals surface area contributed by atoms with Crippen LogP contribution in [0.2, 0.25) is 0 Å². The summed E-state index contributed by atoms with van der Waals surface area (Å²) in [6.45, 7) is 4.05. The maximum Gasteiger partial charge on any atom is 0.227 e. The molecular weight excluding hydrogens is 477 g/mol. The number of aromatic nitrogens is 1. The highest BCUT2D eigenvalue weighted by Crippen LogP contribution is 2.43. The Hall–Kier alpha value is -4.00. The van der Waals surface area contributed by atoms with Crippen molar-refractivity contribution in [3.8, 4) is 0 Å². The average molecular weight is 512 g/mol. The van der Waals surface area contributed by atoms with Crippen molar-refractivity contribution >= 4 is 23.5 Å². The highest BCUT2D eigenvalue weighted by molar-refractivity contribution is 6.08. The summed E-state index contributed by atoms with van der Waals surface area (Å²) >= 11 is 0. The Bertz CT molecular complexity index is 1350. The first-order valence-corrected chi connectivity index (χ1v) is 13.1. The van der Waals surface area contributed by atoms with Crippen LogP contribution in [-0.4, -0.2) is 47.7 Å². The van der Waals surface area contributed by atoms with E-state index in [0.29, 0.717) is 19.6 Å². The van der Waals surface area contributed by atoms with Crippen molar-refractivity contribution in [2.24, 2.45) is 0 Å². The maximum atomic E-state index is 13.3. The fourth-order valence-corrected chi connectivity index (χ4v) is 5.81. The Labute approximate surface area is 223 Å². The van der Waals surface area contributed by atoms with Gasteiger partial charge in [-0.2, -0.15) is 0 Å². The quantitative estimate of drug-likeness (QED) is 0.443. The molecule has 0 radical (unpaired) electrons. The summed E-state index contributed by atoms with van der Waals surface area (Å²) < 4.78 is 13.3. The molecule has 2 aromatic carbocycles. The number of rotatable bonds is 7. The van der Waals surface area contributed by atoms with Crippen LogP contribution >= 0.6 is 0 Å². The lowest BCUT2D eigenvalue weighted by Crippen LogP contribution is -2.54. The number of pyridine rings is 1. The van der Waals surface area contributed by atoms with Gasteiger partial charge in [0.05, 0.1) is 12.0 Å². The summed E-state index contributed by atoms with van der Waals surface area (Å²) in [5, 5.41) is 10.9. The number of benzene rings is 2. The van der Waals surface area contributed by atoms with Gasteiger partial charge in [0.15, 0.2) is 0 Å². The fraction of sp³-hybridized carbons (Fsp3) is 0.323. The van der Waals surface area contributed by atoms with Gasteiger partial charge in [-0.15, -0.1) is 0 Å². The molecule has 2 N–H and O–H groups in total. The van der Waals surface area contributed by atoms with Crippen LogP contribution in [0, 0.1) is 18.2 Å². The number of aryl methyl sites for hydroxylation is 2. The number of fused-ring (bicyclic) bond motifs is 1. The molecule has 1 atom stereocenters. The molecule has 5 rings (SSSR count). The minimum absolute atomic E-state index is 0.0752. The van der Waals surface area contributed by atoms with E-state index < -0.39 is 0 Å². The van der Waals surface area contributed by atoms with Crippen LogP contribution in [0.25, 0.3) is 5.57 Å². The van der Waals surface area contributed by atoms with Crippen molar-refractivity contribution in [2.45, 2.75) is 44.7 Å². The van der Waals surface area contributed by atoms with Crippen molar-refractivity contribution in [3.63, 3.8) is 0 Å². The molecule has 1 amide bonds. The lowest BCUT2D eigenvalue weighted by Gasteiger charge is -2.46. The minimum Gasteiger partial charge on any atom is -0.393 e. The molecule has 0 saturated carbocycles. The van der Waals surface area contributed by atoms with Gasteiger partial charge >= 0.3 is 0 Å². The highest BCUT2D eigenvalue weighted by atomic mass is 19.1. The second-order valence-electron chi connectivity index (χ2n) is 10.3. The molecule has 1 unspecified atom stereocenters. The molecule has 1 spiro atoms. The van der Waals surface area contributed by atoms with E-state index in [1.54, 1.807) is 12.1 Å². The Kier molecular flexibility index (Phi) is 7.27. The largest absolute Gasteiger partial charge is 0.393 e. The van der Waals surface area contributed by atoms with Gasteiger partial charge in [-0.05, 0) is 61.1 Å². The average Bonchev–Trinajstić information content (AvgIpc) is 3.36. The summed E-state index contributed by atoms with van der Waals surface area (Å²) in [6.07, 6.45) is 6.13. The van der Waals surface area contributed by atoms with Crippen molar-refractivity contribution < 1.29 is 9.18 Å². The van der Waals surface area contributed by atoms with Crippen LogP contribution in [0.5, 0.6) is 0 Å². The number of halogens is 1. The Morgan fingerprint density at radius 3 is 2.61 bits per heavy atom. The molecule has 1 fully saturated rings. The molecule has 7 heteroatoms. The van der Waals surface area contributed by atoms with Crippen molar-refractivity contribution in [1.29, 1.82) is 5.41 Å². The van der Waals surface area contributed by atoms with E-state index in [2.05, 4.69) is 40.5 Å². The van der Waals surface area contributed by atoms with E-state index in [1.807, 2.05) is 31.1 Å². The number of hydrogen-bond acceptors (Lipinski definition) is 5. The third kappa shape index (κ3) is 5.05. The molecule has 1 aromatic heterocycles. The van der Waals surface area contributed by atoms with E-state index in [-0.39, 0.29) is 23.7 Å². The fourth-order valence-electron chi connectivity index (χ4n) is 5.81. The summed E-state index contributed by atoms with van der Waals surface area (Å²) in [5.41, 5.74) is 5.65. The number of allylic oxidation sites excluding steroid dienone is 1. The number of nitrogens with zero attached hydrogens (tertiary/aromatic N) is 3. The van der Waals surface area contributed by atoms with Gasteiger partial charge in [-0.1, -0.05) is 42.5 Å². The molecule has 2 aliphatic rings. The zero-order valence-electron chi connectivity index (χ0n) is 22.0. The zero-order valence-corrected chi connectivity index (χ0v) is 22.0. The standard InChI is InChI=1S/C31H34FN5O/c1-22-28(26(18-33)19-34-2)17-25-12-13-31(37(30(25)35-22)20-24-6-4-3-5-7-24)14-15-36(21-31)29(38)16-23-8-10-27(32)11-9-23/h3-11,17-19,33-34H,12-16,20-21H2,1-2H3/b26-19+,33-18?. The number of hydrogen-bond donors (Lipinski definition) is 2. The predicted octanol–water partition coefficient (Wildman–Crippen LogP) is 4.91. The third-order valence-corrected chi connectivity index (χ3v) is 7.86. The van der Waals surface area contributed by atoms with E-state index >= 15 is 0 Å². The van der Waals surface area contributed by atoms with E-state index in [4.69, 9.17) is 10.4 Å². The molecule has 0 bridgehead atoms. The number of carbonyl (C=O) groups excluding carboxylic acids is 1. The molecule has 3 aromatic rings. The van der Waals surface area contributed by atoms with Gasteiger partial charge in [-0.3, -0.25) is 4.79 Å². The molecule has 2 aliphatic heterocycles. The van der Waals surface area contributed by atoms with E-state index in [0.717, 1.165) is 47.5 Å². The topological polar surface area (TPSA) is 72.3 Å². The van der Waals surface area contributed by atoms with E-state index in [9.17, 15) is 9.18 Å². The molecule has 196 valence electrons. The summed E-state index contributed by atoms with van der Waals surface area (Å²) in [4.78, 5) is 22.8. The Morgan fingerprint density at radius 2 is 1.89 bits per heavy atom. The first kappa shape index (κ1) is 25.6. The number of nitrogens with one attached hydrogen (secondary N) is 2. The summed E-state index contributed by atoms with van der Waals surface area (Å²) in [7, 11) is 1.83. The van der Waals surface area contributed by atoms with Crippen LogP contribution in [0.3, 0.4) is 0 Å². The monoisotopic (exact) mass is 511 g/mol. The van der Waals surface area contributed by atoms with Crippen LogP contribution in [0.15, 0.2) is 66.9 Å². The molecule has 0 aliphatic carbocycles. The van der Waals surface area contributed by atoms with Crippen LogP contribution in [0.4, 0.5) is 10.2 Å². The van der Waals surface area contributed by atoms with Gasteiger partial charge in [-0.25, -0.2) is 9.37 Å². The summed E-state index contributed by atoms with van der Waals surface area (Å²) in [5.74, 6) is 0.758. The van der Waals surface area contributed by atoms with Crippen LogP contribution in [0.1, 0.15) is 40.8 Å². The lowest BCUT2D eigenvalue weighted by molar-refractivity contribution is -0.129. The molecule has 38 heavy (non-hydrogen) atoms. The van der Waals surface area contributed by atoms with Crippen molar-refractivity contribution in [1.82, 2.24) is 15.2 Å². The number of likely N-dealkylation sites (tertiary alicyclic amines) is 1. The first-order valence-electron chi connectivity index (χ1n) is 13.1. The summed E-state index contributed by atoms with van der Waals surface area (Å²) in [6, 6.07) is 18.8. The number of carbonyl (C=O) groups is 1. The van der Waals surface area contributed by atoms with Gasteiger partial charge in [0.2, 0.25) is 5.91 Å². The van der Waals surface area contributed by atoms with Gasteiger partial charge in [0.25, 0.3) is 0 Å². The molecule has 1 saturated heterocycles. The van der Waals surface area contributed by atoms with E-state index in [1.165, 1.54) is 29.5 Å². The Balaban J connectivity index is 1.47. The maximum absolute atomic E-state index is 13.3. The number of amides is 1. The number of anilines is 1. The van der Waals surface area contributed by atoms with Gasteiger partial charge < -0.3 is 20.5 Å². The normalized spacial score (nSPS) is 19.0. The van der Waals surface area contributed by atoms with Crippen molar-refractivity contribution in [2.75, 3.05) is 25.0 Å². The molecule has 3 heterocycles. The lowest BCUT2D eigenvalue weighted by atomic mass is 9.83. The smallest absolute Gasteiger partial charge is 0.227 e. The van der Waals surface area contributed by atoms with Crippen LogP contribution in [-0.2, 0) is 24.2 Å². The third-order valence-electron chi connectivity index (χ3n) is 7.86. The molecular formula is C31H34FN5O. The van der Waals surface area contributed by atoms with Gasteiger partial charge in [0.1, 0.15) is 11.6 Å². The van der Waals surface area contributed by atoms with Crippen LogP contribution < -0.4 is 10.2 Å². The Morgan fingerprint density at radius 1 is 1.13 bits per heavy atom. The first-order chi connectivity index (χ1) is 18.4. The zero-order chi connectivity index (χ0) is 26.7. The van der Waals surface area contributed by atoms with Crippen molar-refractivity contribution in [3.05, 3.63) is 101 Å². The minimum atomic E-state index is -0.293. The second kappa shape index (κ2) is 10.8. The highest BCUT2D eigenvalue weighted by Gasteiger charge is 2.47. The SMILES string of the molecule is CN/C=C(\C=N)c1cc2c(nc1C)N(Cc1ccccc1)C1(CC2)CCN(C(=O)Cc2ccc(F)cc2)C1. The molecule has 6 nitrogen and oxygen atoms in total. The predicted molar refractivity (Wildman–Crippen MR) is 150 cm³/mol. The van der Waals surface area contributed by atoms with Gasteiger partial charge in [0, 0.05) is 55.9 Å². The second-order valence-corrected chi connectivity index (χ2v) is 10.3.